The number of ether oxygens (including phenoxy) is 1. The summed E-state index contributed by atoms with van der Waals surface area (Å²) in [6.45, 7) is 2.35. The first kappa shape index (κ1) is 19.1. The van der Waals surface area contributed by atoms with Crippen molar-refractivity contribution in [3.8, 4) is 5.75 Å². The monoisotopic (exact) mass is 375 g/mol. The summed E-state index contributed by atoms with van der Waals surface area (Å²) in [5.74, 6) is -0.657. The number of anilines is 1. The van der Waals surface area contributed by atoms with Crippen LogP contribution in [0.3, 0.4) is 0 Å². The normalized spacial score (nSPS) is 16.4. The van der Waals surface area contributed by atoms with E-state index in [1.54, 1.807) is 18.2 Å². The highest BCUT2D eigenvalue weighted by molar-refractivity contribution is 5.96. The molecule has 0 aromatic heterocycles. The zero-order chi connectivity index (χ0) is 19.2. The first-order valence-electron chi connectivity index (χ1n) is 8.98. The van der Waals surface area contributed by atoms with Gasteiger partial charge in [0.15, 0.2) is 0 Å². The molecule has 5 nitrogen and oxygen atoms in total. The quantitative estimate of drug-likeness (QED) is 0.781. The molecule has 3 rings (SSSR count). The number of amides is 1. The van der Waals surface area contributed by atoms with Gasteiger partial charge in [0.2, 0.25) is 0 Å². The molecule has 1 atom stereocenters. The number of para-hydroxylation sites is 1. The summed E-state index contributed by atoms with van der Waals surface area (Å²) in [6, 6.07) is 10.5. The molecule has 0 unspecified atom stereocenters. The first-order valence-corrected chi connectivity index (χ1v) is 8.98. The van der Waals surface area contributed by atoms with Crippen molar-refractivity contribution < 1.29 is 18.3 Å². The highest BCUT2D eigenvalue weighted by atomic mass is 19.1. The molecule has 0 aliphatic carbocycles. The van der Waals surface area contributed by atoms with E-state index in [1.165, 1.54) is 18.2 Å². The summed E-state index contributed by atoms with van der Waals surface area (Å²) in [7, 11) is 0. The molecule has 1 aliphatic heterocycles. The Kier molecular flexibility index (Phi) is 6.24. The second kappa shape index (κ2) is 8.81. The lowest BCUT2D eigenvalue weighted by Crippen LogP contribution is -2.31. The standard InChI is InChI=1S/C20H23F2N3O2/c21-15-5-6-19(27-10-8-23)16(11-15)20(26)24-12-14-7-9-25(13-14)18-4-2-1-3-17(18)22/h1-6,11,14H,7-10,12-13,23H2,(H,24,26)/t14-/m1/s1. The van der Waals surface area contributed by atoms with Crippen molar-refractivity contribution in [2.75, 3.05) is 37.7 Å². The van der Waals surface area contributed by atoms with Gasteiger partial charge in [0.1, 0.15) is 24.0 Å². The number of nitrogens with one attached hydrogen (secondary N) is 1. The van der Waals surface area contributed by atoms with Gasteiger partial charge >= 0.3 is 0 Å². The van der Waals surface area contributed by atoms with E-state index in [2.05, 4.69) is 5.32 Å². The van der Waals surface area contributed by atoms with Crippen molar-refractivity contribution >= 4 is 11.6 Å². The number of halogens is 2. The summed E-state index contributed by atoms with van der Waals surface area (Å²) in [4.78, 5) is 14.5. The average Bonchev–Trinajstić information content (AvgIpc) is 3.14. The molecule has 7 heteroatoms. The topological polar surface area (TPSA) is 67.6 Å². The first-order chi connectivity index (χ1) is 13.1. The lowest BCUT2D eigenvalue weighted by atomic mass is 10.1. The maximum absolute atomic E-state index is 13.9. The number of hydrogen-bond acceptors (Lipinski definition) is 4. The van der Waals surface area contributed by atoms with E-state index in [-0.39, 0.29) is 23.9 Å². The van der Waals surface area contributed by atoms with Crippen molar-refractivity contribution in [3.05, 3.63) is 59.7 Å². The van der Waals surface area contributed by atoms with E-state index >= 15 is 0 Å². The molecule has 0 saturated carbocycles. The van der Waals surface area contributed by atoms with Crippen LogP contribution in [0.5, 0.6) is 5.75 Å². The summed E-state index contributed by atoms with van der Waals surface area (Å²) >= 11 is 0. The Morgan fingerprint density at radius 1 is 1.26 bits per heavy atom. The van der Waals surface area contributed by atoms with Crippen LogP contribution in [0.25, 0.3) is 0 Å². The Hall–Kier alpha value is -2.67. The van der Waals surface area contributed by atoms with Gasteiger partial charge in [-0.2, -0.15) is 0 Å². The maximum atomic E-state index is 13.9. The predicted molar refractivity (Wildman–Crippen MR) is 100 cm³/mol. The van der Waals surface area contributed by atoms with Crippen molar-refractivity contribution in [1.29, 1.82) is 0 Å². The highest BCUT2D eigenvalue weighted by Crippen LogP contribution is 2.26. The Morgan fingerprint density at radius 2 is 2.07 bits per heavy atom. The molecule has 2 aromatic rings. The smallest absolute Gasteiger partial charge is 0.255 e. The third-order valence-electron chi connectivity index (χ3n) is 4.59. The van der Waals surface area contributed by atoms with E-state index in [9.17, 15) is 13.6 Å². The Morgan fingerprint density at radius 3 is 2.85 bits per heavy atom. The fourth-order valence-corrected chi connectivity index (χ4v) is 3.23. The molecular formula is C20H23F2N3O2. The highest BCUT2D eigenvalue weighted by Gasteiger charge is 2.25. The van der Waals surface area contributed by atoms with E-state index in [0.29, 0.717) is 31.1 Å². The SMILES string of the molecule is NCCOc1ccc(F)cc1C(=O)NC[C@H]1CCN(c2ccccc2F)C1. The van der Waals surface area contributed by atoms with Gasteiger partial charge in [-0.15, -0.1) is 0 Å². The number of rotatable bonds is 7. The van der Waals surface area contributed by atoms with Gasteiger partial charge in [-0.05, 0) is 42.7 Å². The molecule has 27 heavy (non-hydrogen) atoms. The van der Waals surface area contributed by atoms with Crippen molar-refractivity contribution in [3.63, 3.8) is 0 Å². The fourth-order valence-electron chi connectivity index (χ4n) is 3.23. The fraction of sp³-hybridized carbons (Fsp3) is 0.350. The Balaban J connectivity index is 1.59. The van der Waals surface area contributed by atoms with Crippen molar-refractivity contribution in [2.45, 2.75) is 6.42 Å². The molecule has 1 saturated heterocycles. The van der Waals surface area contributed by atoms with E-state index in [0.717, 1.165) is 19.0 Å². The zero-order valence-corrected chi connectivity index (χ0v) is 15.0. The number of benzene rings is 2. The van der Waals surface area contributed by atoms with Crippen LogP contribution in [0.1, 0.15) is 16.8 Å². The summed E-state index contributed by atoms with van der Waals surface area (Å²) < 4.78 is 32.9. The Bertz CT molecular complexity index is 801. The van der Waals surface area contributed by atoms with Gasteiger partial charge in [0, 0.05) is 26.2 Å². The van der Waals surface area contributed by atoms with Gasteiger partial charge in [-0.25, -0.2) is 8.78 Å². The van der Waals surface area contributed by atoms with E-state index in [4.69, 9.17) is 10.5 Å². The van der Waals surface area contributed by atoms with Crippen LogP contribution in [0.2, 0.25) is 0 Å². The van der Waals surface area contributed by atoms with Crippen molar-refractivity contribution in [2.24, 2.45) is 11.7 Å². The number of carbonyl (C=O) groups is 1. The Labute approximate surface area is 157 Å². The van der Waals surface area contributed by atoms with E-state index in [1.807, 2.05) is 4.90 Å². The number of nitrogens with zero attached hydrogens (tertiary/aromatic N) is 1. The second-order valence-electron chi connectivity index (χ2n) is 6.54. The van der Waals surface area contributed by atoms with Gasteiger partial charge in [0.05, 0.1) is 11.3 Å². The predicted octanol–water partition coefficient (Wildman–Crippen LogP) is 2.56. The van der Waals surface area contributed by atoms with Gasteiger partial charge in [-0.1, -0.05) is 12.1 Å². The minimum absolute atomic E-state index is 0.146. The lowest BCUT2D eigenvalue weighted by molar-refractivity contribution is 0.0943. The minimum Gasteiger partial charge on any atom is -0.491 e. The molecular weight excluding hydrogens is 352 g/mol. The van der Waals surface area contributed by atoms with Crippen LogP contribution in [0, 0.1) is 17.6 Å². The summed E-state index contributed by atoms with van der Waals surface area (Å²) in [5.41, 5.74) is 6.14. The number of carbonyl (C=O) groups excluding carboxylic acids is 1. The zero-order valence-electron chi connectivity index (χ0n) is 15.0. The summed E-state index contributed by atoms with van der Waals surface area (Å²) in [6.07, 6.45) is 0.842. The van der Waals surface area contributed by atoms with Crippen LogP contribution in [0.4, 0.5) is 14.5 Å². The molecule has 0 bridgehead atoms. The molecule has 2 aromatic carbocycles. The third kappa shape index (κ3) is 4.74. The van der Waals surface area contributed by atoms with Crippen LogP contribution in [-0.4, -0.2) is 38.7 Å². The van der Waals surface area contributed by atoms with Crippen LogP contribution >= 0.6 is 0 Å². The second-order valence-corrected chi connectivity index (χ2v) is 6.54. The molecule has 1 fully saturated rings. The molecule has 0 radical (unpaired) electrons. The number of hydrogen-bond donors (Lipinski definition) is 2. The van der Waals surface area contributed by atoms with Crippen LogP contribution in [-0.2, 0) is 0 Å². The largest absolute Gasteiger partial charge is 0.491 e. The maximum Gasteiger partial charge on any atom is 0.255 e. The molecule has 1 heterocycles. The number of nitrogens with two attached hydrogens (primary N) is 1. The molecule has 0 spiro atoms. The van der Waals surface area contributed by atoms with Gasteiger partial charge < -0.3 is 20.7 Å². The average molecular weight is 375 g/mol. The van der Waals surface area contributed by atoms with Crippen LogP contribution < -0.4 is 20.7 Å². The molecule has 1 aliphatic rings. The molecule has 1 amide bonds. The molecule has 3 N–H and O–H groups in total. The third-order valence-corrected chi connectivity index (χ3v) is 4.59. The molecule has 144 valence electrons. The van der Waals surface area contributed by atoms with Crippen LogP contribution in [0.15, 0.2) is 42.5 Å². The lowest BCUT2D eigenvalue weighted by Gasteiger charge is -2.19. The van der Waals surface area contributed by atoms with Gasteiger partial charge in [-0.3, -0.25) is 4.79 Å². The van der Waals surface area contributed by atoms with Gasteiger partial charge in [0.25, 0.3) is 5.91 Å². The van der Waals surface area contributed by atoms with Crippen molar-refractivity contribution in [1.82, 2.24) is 5.32 Å². The minimum atomic E-state index is -0.508. The van der Waals surface area contributed by atoms with E-state index < -0.39 is 11.7 Å². The summed E-state index contributed by atoms with van der Waals surface area (Å²) in [5, 5.41) is 2.83.